The molecule has 0 radical (unpaired) electrons. The highest BCUT2D eigenvalue weighted by atomic mass is 32.1. The molecule has 1 N–H and O–H groups in total. The summed E-state index contributed by atoms with van der Waals surface area (Å²) in [6, 6.07) is 2.48. The second-order valence-corrected chi connectivity index (χ2v) is 7.23. The number of aryl methyl sites for hydroxylation is 2. The molecule has 1 atom stereocenters. The van der Waals surface area contributed by atoms with E-state index in [-0.39, 0.29) is 12.1 Å². The molecule has 18 heavy (non-hydrogen) atoms. The minimum Gasteiger partial charge on any atom is -0.444 e. The average molecular weight is 267 g/mol. The monoisotopic (exact) mass is 267 g/mol. The van der Waals surface area contributed by atoms with Crippen LogP contribution in [0.3, 0.4) is 0 Å². The van der Waals surface area contributed by atoms with Crippen LogP contribution < -0.4 is 5.32 Å². The van der Waals surface area contributed by atoms with E-state index in [9.17, 15) is 4.79 Å². The van der Waals surface area contributed by atoms with Gasteiger partial charge < -0.3 is 10.1 Å². The molecule has 0 aromatic carbocycles. The highest BCUT2D eigenvalue weighted by Gasteiger charge is 2.24. The van der Waals surface area contributed by atoms with Crippen LogP contribution in [0.15, 0.2) is 6.07 Å². The Morgan fingerprint density at radius 3 is 2.89 bits per heavy atom. The number of ether oxygens (including phenoxy) is 1. The number of amides is 1. The highest BCUT2D eigenvalue weighted by Crippen LogP contribution is 2.29. The van der Waals surface area contributed by atoms with Crippen molar-refractivity contribution in [1.29, 1.82) is 0 Å². The van der Waals surface area contributed by atoms with Crippen LogP contribution in [0.1, 0.15) is 42.5 Å². The fourth-order valence-electron chi connectivity index (χ4n) is 2.25. The molecule has 0 bridgehead atoms. The summed E-state index contributed by atoms with van der Waals surface area (Å²) in [6.45, 7) is 7.79. The summed E-state index contributed by atoms with van der Waals surface area (Å²) < 4.78 is 5.29. The van der Waals surface area contributed by atoms with Crippen molar-refractivity contribution < 1.29 is 9.53 Å². The first-order valence-corrected chi connectivity index (χ1v) is 7.23. The molecule has 1 heterocycles. The SMILES string of the molecule is Cc1cc2c(s1)CC(NC(=O)OC(C)(C)C)CC2. The van der Waals surface area contributed by atoms with Crippen LogP contribution in [0.4, 0.5) is 4.79 Å². The largest absolute Gasteiger partial charge is 0.444 e. The molecule has 1 amide bonds. The standard InChI is InChI=1S/C14H21NO2S/c1-9-7-10-5-6-11(8-12(10)18-9)15-13(16)17-14(2,3)4/h7,11H,5-6,8H2,1-4H3,(H,15,16). The maximum atomic E-state index is 11.7. The summed E-state index contributed by atoms with van der Waals surface area (Å²) in [5.74, 6) is 0. The lowest BCUT2D eigenvalue weighted by molar-refractivity contribution is 0.0500. The van der Waals surface area contributed by atoms with Gasteiger partial charge in [0.05, 0.1) is 0 Å². The minimum atomic E-state index is -0.427. The van der Waals surface area contributed by atoms with Gasteiger partial charge in [0.15, 0.2) is 0 Å². The summed E-state index contributed by atoms with van der Waals surface area (Å²) in [7, 11) is 0. The number of carbonyl (C=O) groups excluding carboxylic acids is 1. The van der Waals surface area contributed by atoms with Crippen molar-refractivity contribution in [2.75, 3.05) is 0 Å². The first-order chi connectivity index (χ1) is 8.33. The lowest BCUT2D eigenvalue weighted by Crippen LogP contribution is -2.41. The van der Waals surface area contributed by atoms with Gasteiger partial charge in [-0.15, -0.1) is 11.3 Å². The van der Waals surface area contributed by atoms with Crippen molar-refractivity contribution in [2.45, 2.75) is 58.6 Å². The zero-order valence-electron chi connectivity index (χ0n) is 11.5. The Morgan fingerprint density at radius 1 is 1.50 bits per heavy atom. The summed E-state index contributed by atoms with van der Waals surface area (Å²) in [5.41, 5.74) is 1.03. The third-order valence-corrected chi connectivity index (χ3v) is 4.05. The quantitative estimate of drug-likeness (QED) is 0.846. The van der Waals surface area contributed by atoms with Crippen molar-refractivity contribution in [1.82, 2.24) is 5.32 Å². The predicted octanol–water partition coefficient (Wildman–Crippen LogP) is 3.44. The summed E-state index contributed by atoms with van der Waals surface area (Å²) in [5, 5.41) is 2.97. The fraction of sp³-hybridized carbons (Fsp3) is 0.643. The van der Waals surface area contributed by atoms with Crippen LogP contribution in [0.25, 0.3) is 0 Å². The van der Waals surface area contributed by atoms with Crippen molar-refractivity contribution >= 4 is 17.4 Å². The third-order valence-electron chi connectivity index (χ3n) is 2.93. The maximum Gasteiger partial charge on any atom is 0.407 e. The van der Waals surface area contributed by atoms with Gasteiger partial charge in [0.2, 0.25) is 0 Å². The van der Waals surface area contributed by atoms with Gasteiger partial charge in [0, 0.05) is 22.2 Å². The van der Waals surface area contributed by atoms with Gasteiger partial charge in [-0.1, -0.05) is 0 Å². The Kier molecular flexibility index (Phi) is 3.66. The second kappa shape index (κ2) is 4.92. The fourth-order valence-corrected chi connectivity index (χ4v) is 3.42. The number of alkyl carbamates (subject to hydrolysis) is 1. The van der Waals surface area contributed by atoms with Gasteiger partial charge in [-0.25, -0.2) is 4.79 Å². The number of nitrogens with one attached hydrogen (secondary N) is 1. The summed E-state index contributed by atoms with van der Waals surface area (Å²) in [4.78, 5) is 14.5. The van der Waals surface area contributed by atoms with E-state index in [1.807, 2.05) is 32.1 Å². The zero-order valence-corrected chi connectivity index (χ0v) is 12.3. The van der Waals surface area contributed by atoms with E-state index in [1.165, 1.54) is 15.3 Å². The molecular formula is C14H21NO2S. The van der Waals surface area contributed by atoms with Crippen LogP contribution in [-0.4, -0.2) is 17.7 Å². The molecule has 0 saturated carbocycles. The molecular weight excluding hydrogens is 246 g/mol. The van der Waals surface area contributed by atoms with Crippen molar-refractivity contribution in [2.24, 2.45) is 0 Å². The Morgan fingerprint density at radius 2 is 2.22 bits per heavy atom. The molecule has 1 aromatic rings. The molecule has 1 aromatic heterocycles. The lowest BCUT2D eigenvalue weighted by Gasteiger charge is -2.26. The van der Waals surface area contributed by atoms with Gasteiger partial charge in [-0.05, 0) is 52.2 Å². The summed E-state index contributed by atoms with van der Waals surface area (Å²) in [6.07, 6.45) is 2.69. The molecule has 100 valence electrons. The van der Waals surface area contributed by atoms with Crippen molar-refractivity contribution in [3.63, 3.8) is 0 Å². The van der Waals surface area contributed by atoms with Gasteiger partial charge in [0.25, 0.3) is 0 Å². The van der Waals surface area contributed by atoms with E-state index in [0.29, 0.717) is 0 Å². The van der Waals surface area contributed by atoms with E-state index < -0.39 is 5.60 Å². The molecule has 1 unspecified atom stereocenters. The van der Waals surface area contributed by atoms with Crippen LogP contribution in [0.5, 0.6) is 0 Å². The normalized spacial score (nSPS) is 19.2. The van der Waals surface area contributed by atoms with Gasteiger partial charge in [0.1, 0.15) is 5.60 Å². The van der Waals surface area contributed by atoms with E-state index in [4.69, 9.17) is 4.74 Å². The Labute approximate surface area is 113 Å². The molecule has 2 rings (SSSR count). The van der Waals surface area contributed by atoms with Gasteiger partial charge >= 0.3 is 6.09 Å². The predicted molar refractivity (Wildman–Crippen MR) is 74.2 cm³/mol. The molecule has 0 fully saturated rings. The topological polar surface area (TPSA) is 38.3 Å². The van der Waals surface area contributed by atoms with E-state index in [0.717, 1.165) is 19.3 Å². The Hall–Kier alpha value is -1.03. The molecule has 0 spiro atoms. The molecule has 1 aliphatic carbocycles. The number of hydrogen-bond donors (Lipinski definition) is 1. The molecule has 1 aliphatic rings. The maximum absolute atomic E-state index is 11.7. The molecule has 3 nitrogen and oxygen atoms in total. The van der Waals surface area contributed by atoms with Crippen LogP contribution in [0.2, 0.25) is 0 Å². The number of fused-ring (bicyclic) bond motifs is 1. The van der Waals surface area contributed by atoms with Crippen molar-refractivity contribution in [3.8, 4) is 0 Å². The van der Waals surface area contributed by atoms with Gasteiger partial charge in [-0.3, -0.25) is 0 Å². The van der Waals surface area contributed by atoms with Crippen LogP contribution in [-0.2, 0) is 17.6 Å². The van der Waals surface area contributed by atoms with Crippen LogP contribution >= 0.6 is 11.3 Å². The molecule has 4 heteroatoms. The molecule has 0 aliphatic heterocycles. The Balaban J connectivity index is 1.91. The number of thiophene rings is 1. The average Bonchev–Trinajstić information content (AvgIpc) is 2.53. The first kappa shape index (κ1) is 13.4. The second-order valence-electron chi connectivity index (χ2n) is 5.89. The molecule has 0 saturated heterocycles. The first-order valence-electron chi connectivity index (χ1n) is 6.41. The minimum absolute atomic E-state index is 0.213. The van der Waals surface area contributed by atoms with Crippen molar-refractivity contribution in [3.05, 3.63) is 21.4 Å². The summed E-state index contributed by atoms with van der Waals surface area (Å²) >= 11 is 1.84. The third kappa shape index (κ3) is 3.48. The lowest BCUT2D eigenvalue weighted by atomic mass is 9.95. The smallest absolute Gasteiger partial charge is 0.407 e. The number of hydrogen-bond acceptors (Lipinski definition) is 3. The van der Waals surface area contributed by atoms with Gasteiger partial charge in [-0.2, -0.15) is 0 Å². The number of rotatable bonds is 1. The zero-order chi connectivity index (χ0) is 13.3. The highest BCUT2D eigenvalue weighted by molar-refractivity contribution is 7.12. The Bertz CT molecular complexity index is 445. The number of carbonyl (C=O) groups is 1. The van der Waals surface area contributed by atoms with Crippen LogP contribution in [0, 0.1) is 6.92 Å². The van der Waals surface area contributed by atoms with E-state index in [2.05, 4.69) is 18.3 Å². The van der Waals surface area contributed by atoms with E-state index >= 15 is 0 Å². The van der Waals surface area contributed by atoms with E-state index in [1.54, 1.807) is 0 Å².